The maximum atomic E-state index is 11.9. The van der Waals surface area contributed by atoms with E-state index < -0.39 is 6.04 Å². The Morgan fingerprint density at radius 1 is 1.39 bits per heavy atom. The maximum absolute atomic E-state index is 11.9. The van der Waals surface area contributed by atoms with Gasteiger partial charge in [-0.2, -0.15) is 0 Å². The molecule has 4 nitrogen and oxygen atoms in total. The summed E-state index contributed by atoms with van der Waals surface area (Å²) < 4.78 is 5.23. The molecule has 0 spiro atoms. The Bertz CT molecular complexity index is 378. The highest BCUT2D eigenvalue weighted by Crippen LogP contribution is 2.06. The fraction of sp³-hybridized carbons (Fsp3) is 0.429. The van der Waals surface area contributed by atoms with E-state index >= 15 is 0 Å². The fourth-order valence-electron chi connectivity index (χ4n) is 1.51. The second-order valence-corrected chi connectivity index (χ2v) is 4.18. The zero-order chi connectivity index (χ0) is 13.4. The van der Waals surface area contributed by atoms with Crippen molar-refractivity contribution in [2.45, 2.75) is 38.8 Å². The first-order valence-corrected chi connectivity index (χ1v) is 6.11. The van der Waals surface area contributed by atoms with Gasteiger partial charge in [0.15, 0.2) is 0 Å². The average Bonchev–Trinajstić information content (AvgIpc) is 2.39. The van der Waals surface area contributed by atoms with Crippen LogP contribution in [0.2, 0.25) is 0 Å². The first-order chi connectivity index (χ1) is 8.67. The van der Waals surface area contributed by atoms with E-state index in [9.17, 15) is 9.59 Å². The average molecular weight is 249 g/mol. The van der Waals surface area contributed by atoms with Crippen LogP contribution in [0, 0.1) is 0 Å². The number of carbonyl (C=O) groups excluding carboxylic acids is 2. The van der Waals surface area contributed by atoms with Crippen LogP contribution in [0.3, 0.4) is 0 Å². The molecule has 0 saturated heterocycles. The molecule has 0 bridgehead atoms. The number of nitrogens with one attached hydrogen (secondary N) is 1. The first-order valence-electron chi connectivity index (χ1n) is 6.11. The number of benzene rings is 1. The van der Waals surface area contributed by atoms with Gasteiger partial charge in [-0.3, -0.25) is 4.79 Å². The van der Waals surface area contributed by atoms with Gasteiger partial charge in [0.1, 0.15) is 6.04 Å². The molecule has 0 aliphatic rings. The highest BCUT2D eigenvalue weighted by atomic mass is 16.5. The number of carbonyl (C=O) groups is 2. The minimum absolute atomic E-state index is 0.135. The summed E-state index contributed by atoms with van der Waals surface area (Å²) in [4.78, 5) is 22.4. The van der Waals surface area contributed by atoms with E-state index in [4.69, 9.17) is 4.74 Å². The Balaban J connectivity index is 2.64. The third kappa shape index (κ3) is 4.57. The second kappa shape index (κ2) is 7.48. The van der Waals surface area contributed by atoms with Crippen LogP contribution in [-0.4, -0.2) is 24.5 Å². The summed E-state index contributed by atoms with van der Waals surface area (Å²) in [6, 6.07) is 8.90. The van der Waals surface area contributed by atoms with Gasteiger partial charge < -0.3 is 10.1 Å². The lowest BCUT2D eigenvalue weighted by Crippen LogP contribution is -2.40. The first kappa shape index (κ1) is 14.2. The lowest BCUT2D eigenvalue weighted by Gasteiger charge is -2.18. The quantitative estimate of drug-likeness (QED) is 0.591. The molecular weight excluding hydrogens is 230 g/mol. The third-order valence-corrected chi connectivity index (χ3v) is 2.73. The van der Waals surface area contributed by atoms with E-state index in [2.05, 4.69) is 5.32 Å². The van der Waals surface area contributed by atoms with Crippen LogP contribution in [0.4, 0.5) is 0 Å². The molecule has 4 heteroatoms. The molecule has 0 aliphatic carbocycles. The normalized spacial score (nSPS) is 13.4. The van der Waals surface area contributed by atoms with Gasteiger partial charge in [0, 0.05) is 6.42 Å². The van der Waals surface area contributed by atoms with Gasteiger partial charge in [-0.1, -0.05) is 37.3 Å². The Morgan fingerprint density at radius 2 is 2.06 bits per heavy atom. The molecule has 2 atom stereocenters. The van der Waals surface area contributed by atoms with Crippen LogP contribution in [0.25, 0.3) is 0 Å². The van der Waals surface area contributed by atoms with Gasteiger partial charge in [-0.25, -0.2) is 4.79 Å². The van der Waals surface area contributed by atoms with Crippen LogP contribution in [0.1, 0.15) is 25.8 Å². The predicted molar refractivity (Wildman–Crippen MR) is 69.0 cm³/mol. The number of esters is 1. The summed E-state index contributed by atoms with van der Waals surface area (Å²) in [6.07, 6.45) is 1.59. The standard InChI is InChI=1S/C14H19NO3/c1-3-11(2)18-14(17)13(15-10-16)9-12-7-5-4-6-8-12/h4-8,10-11,13H,3,9H2,1-2H3,(H,15,16). The van der Waals surface area contributed by atoms with Gasteiger partial charge in [-0.05, 0) is 18.9 Å². The van der Waals surface area contributed by atoms with Crippen molar-refractivity contribution >= 4 is 12.4 Å². The lowest BCUT2D eigenvalue weighted by molar-refractivity contribution is -0.151. The molecule has 2 unspecified atom stereocenters. The van der Waals surface area contributed by atoms with Gasteiger partial charge in [0.05, 0.1) is 6.10 Å². The summed E-state index contributed by atoms with van der Waals surface area (Å²) in [5, 5.41) is 2.51. The van der Waals surface area contributed by atoms with Crippen LogP contribution >= 0.6 is 0 Å². The monoisotopic (exact) mass is 249 g/mol. The number of hydrogen-bond donors (Lipinski definition) is 1. The van der Waals surface area contributed by atoms with Crippen molar-refractivity contribution in [3.63, 3.8) is 0 Å². The van der Waals surface area contributed by atoms with Crippen molar-refractivity contribution in [1.82, 2.24) is 5.32 Å². The number of ether oxygens (including phenoxy) is 1. The fourth-order valence-corrected chi connectivity index (χ4v) is 1.51. The Hall–Kier alpha value is -1.84. The number of amides is 1. The zero-order valence-corrected chi connectivity index (χ0v) is 10.8. The van der Waals surface area contributed by atoms with Gasteiger partial charge in [0.2, 0.25) is 6.41 Å². The van der Waals surface area contributed by atoms with Gasteiger partial charge in [0.25, 0.3) is 0 Å². The van der Waals surface area contributed by atoms with Crippen molar-refractivity contribution in [3.05, 3.63) is 35.9 Å². The largest absolute Gasteiger partial charge is 0.461 e. The summed E-state index contributed by atoms with van der Waals surface area (Å²) in [7, 11) is 0. The van der Waals surface area contributed by atoms with E-state index in [1.54, 1.807) is 0 Å². The summed E-state index contributed by atoms with van der Waals surface area (Å²) in [5.41, 5.74) is 0.984. The van der Waals surface area contributed by atoms with Crippen molar-refractivity contribution in [3.8, 4) is 0 Å². The molecule has 1 amide bonds. The predicted octanol–water partition coefficient (Wildman–Crippen LogP) is 1.69. The highest BCUT2D eigenvalue weighted by Gasteiger charge is 2.21. The summed E-state index contributed by atoms with van der Waals surface area (Å²) in [6.45, 7) is 3.77. The Morgan fingerprint density at radius 3 is 2.61 bits per heavy atom. The van der Waals surface area contributed by atoms with Crippen LogP contribution in [0.15, 0.2) is 30.3 Å². The molecule has 0 radical (unpaired) electrons. The number of hydrogen-bond acceptors (Lipinski definition) is 3. The Kier molecular flexibility index (Phi) is 5.91. The summed E-state index contributed by atoms with van der Waals surface area (Å²) in [5.74, 6) is -0.389. The topological polar surface area (TPSA) is 55.4 Å². The minimum atomic E-state index is -0.626. The third-order valence-electron chi connectivity index (χ3n) is 2.73. The molecule has 1 aromatic rings. The molecule has 1 N–H and O–H groups in total. The van der Waals surface area contributed by atoms with E-state index in [1.807, 2.05) is 44.2 Å². The minimum Gasteiger partial charge on any atom is -0.461 e. The van der Waals surface area contributed by atoms with Crippen molar-refractivity contribution in [1.29, 1.82) is 0 Å². The molecule has 0 aliphatic heterocycles. The maximum Gasteiger partial charge on any atom is 0.329 e. The van der Waals surface area contributed by atoms with E-state index in [0.717, 1.165) is 12.0 Å². The second-order valence-electron chi connectivity index (χ2n) is 4.18. The molecule has 0 fully saturated rings. The van der Waals surface area contributed by atoms with E-state index in [1.165, 1.54) is 0 Å². The molecule has 0 saturated carbocycles. The zero-order valence-electron chi connectivity index (χ0n) is 10.8. The molecule has 18 heavy (non-hydrogen) atoms. The van der Waals surface area contributed by atoms with Crippen molar-refractivity contribution in [2.75, 3.05) is 0 Å². The van der Waals surface area contributed by atoms with E-state index in [0.29, 0.717) is 12.8 Å². The molecule has 1 rings (SSSR count). The number of rotatable bonds is 7. The van der Waals surface area contributed by atoms with Crippen LogP contribution in [-0.2, 0) is 20.7 Å². The van der Waals surface area contributed by atoms with E-state index in [-0.39, 0.29) is 12.1 Å². The smallest absolute Gasteiger partial charge is 0.329 e. The molecule has 98 valence electrons. The van der Waals surface area contributed by atoms with Crippen LogP contribution in [0.5, 0.6) is 0 Å². The molecule has 0 heterocycles. The summed E-state index contributed by atoms with van der Waals surface area (Å²) >= 11 is 0. The molecular formula is C14H19NO3. The lowest BCUT2D eigenvalue weighted by atomic mass is 10.1. The highest BCUT2D eigenvalue weighted by molar-refractivity contribution is 5.78. The van der Waals surface area contributed by atoms with Crippen LogP contribution < -0.4 is 5.32 Å². The van der Waals surface area contributed by atoms with Crippen molar-refractivity contribution in [2.24, 2.45) is 0 Å². The SMILES string of the molecule is CCC(C)OC(=O)C(Cc1ccccc1)NC=O. The molecule has 1 aromatic carbocycles. The van der Waals surface area contributed by atoms with Gasteiger partial charge >= 0.3 is 5.97 Å². The molecule has 0 aromatic heterocycles. The van der Waals surface area contributed by atoms with Crippen molar-refractivity contribution < 1.29 is 14.3 Å². The Labute approximate surface area is 107 Å². The van der Waals surface area contributed by atoms with Gasteiger partial charge in [-0.15, -0.1) is 0 Å².